The maximum Gasteiger partial charge on any atom is 0.144 e. The zero-order chi connectivity index (χ0) is 13.0. The fraction of sp³-hybridized carbons (Fsp3) is 0.143. The van der Waals surface area contributed by atoms with Crippen LogP contribution < -0.4 is 5.32 Å². The number of aryl methyl sites for hydroxylation is 1. The molecule has 0 amide bonds. The highest BCUT2D eigenvalue weighted by Crippen LogP contribution is 2.16. The van der Waals surface area contributed by atoms with E-state index in [0.717, 1.165) is 11.1 Å². The van der Waals surface area contributed by atoms with Crippen molar-refractivity contribution in [2.45, 2.75) is 13.5 Å². The predicted molar refractivity (Wildman–Crippen MR) is 67.4 cm³/mol. The molecule has 0 spiro atoms. The Balaban J connectivity index is 2.16. The molecule has 0 bridgehead atoms. The maximum absolute atomic E-state index is 13.0. The van der Waals surface area contributed by atoms with Crippen LogP contribution in [-0.4, -0.2) is 4.98 Å². The van der Waals surface area contributed by atoms with Crippen molar-refractivity contribution in [2.75, 3.05) is 5.32 Å². The summed E-state index contributed by atoms with van der Waals surface area (Å²) in [7, 11) is 0. The van der Waals surface area contributed by atoms with Crippen LogP contribution in [0.3, 0.4) is 0 Å². The Morgan fingerprint density at radius 2 is 2.22 bits per heavy atom. The predicted octanol–water partition coefficient (Wildman–Crippen LogP) is 3.01. The van der Waals surface area contributed by atoms with Crippen LogP contribution in [0.2, 0.25) is 0 Å². The van der Waals surface area contributed by atoms with E-state index in [4.69, 9.17) is 5.26 Å². The van der Waals surface area contributed by atoms with Crippen molar-refractivity contribution < 1.29 is 4.39 Å². The van der Waals surface area contributed by atoms with E-state index in [1.54, 1.807) is 18.3 Å². The highest BCUT2D eigenvalue weighted by atomic mass is 19.1. The number of aromatic nitrogens is 1. The molecule has 1 heterocycles. The molecule has 0 atom stereocenters. The first-order valence-corrected chi connectivity index (χ1v) is 5.54. The number of rotatable bonds is 3. The summed E-state index contributed by atoms with van der Waals surface area (Å²) in [4.78, 5) is 4.12. The van der Waals surface area contributed by atoms with E-state index < -0.39 is 0 Å². The number of nitrogens with zero attached hydrogens (tertiary/aromatic N) is 2. The topological polar surface area (TPSA) is 48.7 Å². The first-order chi connectivity index (χ1) is 8.70. The van der Waals surface area contributed by atoms with Crippen LogP contribution in [-0.2, 0) is 6.54 Å². The van der Waals surface area contributed by atoms with E-state index in [-0.39, 0.29) is 5.82 Å². The molecule has 0 unspecified atom stereocenters. The monoisotopic (exact) mass is 241 g/mol. The molecule has 0 aliphatic heterocycles. The normalized spacial score (nSPS) is 9.83. The van der Waals surface area contributed by atoms with Gasteiger partial charge >= 0.3 is 0 Å². The highest BCUT2D eigenvalue weighted by Gasteiger charge is 2.05. The summed E-state index contributed by atoms with van der Waals surface area (Å²) >= 11 is 0. The van der Waals surface area contributed by atoms with Crippen molar-refractivity contribution in [3.05, 3.63) is 59.0 Å². The van der Waals surface area contributed by atoms with E-state index >= 15 is 0 Å². The van der Waals surface area contributed by atoms with Crippen molar-refractivity contribution in [1.29, 1.82) is 5.26 Å². The van der Waals surface area contributed by atoms with Gasteiger partial charge < -0.3 is 5.32 Å². The van der Waals surface area contributed by atoms with Crippen molar-refractivity contribution in [3.63, 3.8) is 0 Å². The van der Waals surface area contributed by atoms with Crippen LogP contribution in [0.5, 0.6) is 0 Å². The molecule has 0 aliphatic carbocycles. The number of hydrogen-bond acceptors (Lipinski definition) is 3. The Labute approximate surface area is 105 Å². The Hall–Kier alpha value is -2.41. The van der Waals surface area contributed by atoms with Gasteiger partial charge in [0.2, 0.25) is 0 Å². The van der Waals surface area contributed by atoms with E-state index in [9.17, 15) is 4.39 Å². The molecule has 0 saturated heterocycles. The summed E-state index contributed by atoms with van der Waals surface area (Å²) in [6.07, 6.45) is 1.64. The van der Waals surface area contributed by atoms with E-state index in [1.165, 1.54) is 12.1 Å². The number of halogens is 1. The van der Waals surface area contributed by atoms with Gasteiger partial charge in [-0.15, -0.1) is 0 Å². The molecule has 1 aromatic heterocycles. The largest absolute Gasteiger partial charge is 0.365 e. The van der Waals surface area contributed by atoms with Crippen LogP contribution in [0.4, 0.5) is 10.2 Å². The number of nitrogens with one attached hydrogen (secondary N) is 1. The summed E-state index contributed by atoms with van der Waals surface area (Å²) in [5, 5.41) is 12.1. The molecule has 1 aromatic carbocycles. The molecule has 1 N–H and O–H groups in total. The fourth-order valence-corrected chi connectivity index (χ4v) is 1.67. The summed E-state index contributed by atoms with van der Waals surface area (Å²) in [5.74, 6) is 0.258. The molecule has 0 saturated carbocycles. The van der Waals surface area contributed by atoms with Gasteiger partial charge in [0.15, 0.2) is 0 Å². The Morgan fingerprint density at radius 1 is 1.39 bits per heavy atom. The minimum atomic E-state index is -0.271. The minimum Gasteiger partial charge on any atom is -0.365 e. The molecule has 18 heavy (non-hydrogen) atoms. The summed E-state index contributed by atoms with van der Waals surface area (Å²) in [6.45, 7) is 2.29. The van der Waals surface area contributed by atoms with Gasteiger partial charge in [0.05, 0.1) is 5.56 Å². The highest BCUT2D eigenvalue weighted by molar-refractivity contribution is 5.55. The Morgan fingerprint density at radius 3 is 2.94 bits per heavy atom. The average Bonchev–Trinajstić information content (AvgIpc) is 2.36. The lowest BCUT2D eigenvalue weighted by Crippen LogP contribution is -2.04. The van der Waals surface area contributed by atoms with E-state index in [2.05, 4.69) is 16.4 Å². The third kappa shape index (κ3) is 2.64. The molecule has 0 fully saturated rings. The van der Waals surface area contributed by atoms with Gasteiger partial charge in [0.25, 0.3) is 0 Å². The van der Waals surface area contributed by atoms with Crippen molar-refractivity contribution in [1.82, 2.24) is 4.98 Å². The van der Waals surface area contributed by atoms with Crippen LogP contribution in [0.1, 0.15) is 16.7 Å². The summed E-state index contributed by atoms with van der Waals surface area (Å²) in [6, 6.07) is 10.2. The van der Waals surface area contributed by atoms with Gasteiger partial charge in [0.1, 0.15) is 17.7 Å². The standard InChI is InChI=1S/C14H12FN3/c1-10-5-6-17-14(13(10)8-16)18-9-11-3-2-4-12(15)7-11/h2-7H,9H2,1H3,(H,17,18). The molecular weight excluding hydrogens is 229 g/mol. The third-order valence-corrected chi connectivity index (χ3v) is 2.62. The van der Waals surface area contributed by atoms with Gasteiger partial charge in [-0.1, -0.05) is 12.1 Å². The van der Waals surface area contributed by atoms with Crippen LogP contribution in [0, 0.1) is 24.1 Å². The first kappa shape index (κ1) is 12.1. The van der Waals surface area contributed by atoms with Gasteiger partial charge in [-0.2, -0.15) is 5.26 Å². The second kappa shape index (κ2) is 5.28. The molecule has 90 valence electrons. The number of anilines is 1. The second-order valence-electron chi connectivity index (χ2n) is 3.95. The van der Waals surface area contributed by atoms with E-state index in [0.29, 0.717) is 17.9 Å². The molecule has 2 aromatic rings. The Bertz CT molecular complexity index is 602. The minimum absolute atomic E-state index is 0.271. The lowest BCUT2D eigenvalue weighted by atomic mass is 10.1. The summed E-state index contributed by atoms with van der Waals surface area (Å²) in [5.41, 5.74) is 2.20. The zero-order valence-electron chi connectivity index (χ0n) is 9.94. The third-order valence-electron chi connectivity index (χ3n) is 2.62. The number of benzene rings is 1. The van der Waals surface area contributed by atoms with Gasteiger partial charge in [-0.05, 0) is 36.2 Å². The average molecular weight is 241 g/mol. The molecule has 2 rings (SSSR count). The SMILES string of the molecule is Cc1ccnc(NCc2cccc(F)c2)c1C#N. The molecule has 3 nitrogen and oxygen atoms in total. The molecule has 0 radical (unpaired) electrons. The molecular formula is C14H12FN3. The van der Waals surface area contributed by atoms with Gasteiger partial charge in [-0.3, -0.25) is 0 Å². The number of hydrogen-bond donors (Lipinski definition) is 1. The van der Waals surface area contributed by atoms with Crippen molar-refractivity contribution in [2.24, 2.45) is 0 Å². The van der Waals surface area contributed by atoms with Crippen LogP contribution >= 0.6 is 0 Å². The van der Waals surface area contributed by atoms with Gasteiger partial charge in [0, 0.05) is 12.7 Å². The van der Waals surface area contributed by atoms with E-state index in [1.807, 2.05) is 13.0 Å². The van der Waals surface area contributed by atoms with Crippen LogP contribution in [0.25, 0.3) is 0 Å². The van der Waals surface area contributed by atoms with Crippen molar-refractivity contribution >= 4 is 5.82 Å². The quantitative estimate of drug-likeness (QED) is 0.898. The number of pyridine rings is 1. The molecule has 4 heteroatoms. The first-order valence-electron chi connectivity index (χ1n) is 5.54. The number of nitriles is 1. The lowest BCUT2D eigenvalue weighted by molar-refractivity contribution is 0.626. The lowest BCUT2D eigenvalue weighted by Gasteiger charge is -2.08. The van der Waals surface area contributed by atoms with Crippen LogP contribution in [0.15, 0.2) is 36.5 Å². The maximum atomic E-state index is 13.0. The zero-order valence-corrected chi connectivity index (χ0v) is 9.94. The smallest absolute Gasteiger partial charge is 0.144 e. The summed E-state index contributed by atoms with van der Waals surface area (Å²) < 4.78 is 13.0. The molecule has 0 aliphatic rings. The van der Waals surface area contributed by atoms with Gasteiger partial charge in [-0.25, -0.2) is 9.37 Å². The van der Waals surface area contributed by atoms with Crippen molar-refractivity contribution in [3.8, 4) is 6.07 Å². The fourth-order valence-electron chi connectivity index (χ4n) is 1.67. The Kier molecular flexibility index (Phi) is 3.54. The second-order valence-corrected chi connectivity index (χ2v) is 3.95.